The van der Waals surface area contributed by atoms with Crippen LogP contribution in [0.5, 0.6) is 5.75 Å². The number of cyclic esters (lactones) is 1. The van der Waals surface area contributed by atoms with Crippen molar-refractivity contribution in [3.63, 3.8) is 0 Å². The standard InChI is InChI=1S/C29H29F2N4O8P.C8H10O3/c1-28(2)16-22(24(36)42-28)34-44(43-20-11-7-4-8-12-20)40-18-21-15-29(30,31)25(41-21)35-14-13-23(32-26(35)37)33-27(38)39-17-19-9-5-3-6-10-19;1-3-4-5-7(2)6-11-8(9)10/h3-7,9-11,13-14,21-22,25,34H,15-18H2,1-2H3,(H,32,33,37,38);3-5H,1-2,6H2,(H,9,10)/b;5-4-. The normalized spacial score (nSPS) is 19.9. The minimum absolute atomic E-state index is 0.000324. The molecule has 0 radical (unpaired) electrons. The number of ether oxygens (including phenoxy) is 4. The van der Waals surface area contributed by atoms with Crippen molar-refractivity contribution < 1.29 is 56.3 Å². The summed E-state index contributed by atoms with van der Waals surface area (Å²) in [5.74, 6) is -3.86. The lowest BCUT2D eigenvalue weighted by Crippen LogP contribution is -2.35. The van der Waals surface area contributed by atoms with E-state index in [1.54, 1.807) is 74.5 Å². The van der Waals surface area contributed by atoms with E-state index in [0.717, 1.165) is 11.8 Å². The third kappa shape index (κ3) is 13.6. The molecule has 2 saturated heterocycles. The number of nitrogens with one attached hydrogen (secondary N) is 2. The smallest absolute Gasteiger partial charge is 0.458 e. The highest BCUT2D eigenvalue weighted by atomic mass is 31.2. The molecule has 3 heterocycles. The van der Waals surface area contributed by atoms with Crippen LogP contribution in [0, 0.1) is 12.1 Å². The van der Waals surface area contributed by atoms with E-state index < -0.39 is 68.8 Å². The largest absolute Gasteiger partial charge is 0.506 e. The van der Waals surface area contributed by atoms with Crippen molar-refractivity contribution in [2.75, 3.05) is 18.5 Å². The fourth-order valence-corrected chi connectivity index (χ4v) is 6.16. The molecule has 2 fully saturated rings. The first-order valence-corrected chi connectivity index (χ1v) is 17.7. The molecule has 292 valence electrons. The van der Waals surface area contributed by atoms with Crippen LogP contribution in [0.15, 0.2) is 103 Å². The summed E-state index contributed by atoms with van der Waals surface area (Å²) >= 11 is 0. The van der Waals surface area contributed by atoms with Gasteiger partial charge < -0.3 is 33.1 Å². The number of allylic oxidation sites excluding steroid dienone is 2. The van der Waals surface area contributed by atoms with Crippen LogP contribution in [0.3, 0.4) is 0 Å². The molecule has 55 heavy (non-hydrogen) atoms. The Hall–Kier alpha value is -5.66. The van der Waals surface area contributed by atoms with Gasteiger partial charge in [0.15, 0.2) is 5.75 Å². The van der Waals surface area contributed by atoms with E-state index in [1.165, 1.54) is 6.07 Å². The van der Waals surface area contributed by atoms with E-state index in [0.29, 0.717) is 16.6 Å². The molecule has 0 saturated carbocycles. The van der Waals surface area contributed by atoms with E-state index in [1.807, 2.05) is 6.07 Å². The fourth-order valence-electron chi connectivity index (χ4n) is 4.94. The van der Waals surface area contributed by atoms with Crippen LogP contribution in [-0.2, 0) is 34.9 Å². The van der Waals surface area contributed by atoms with E-state index in [4.69, 9.17) is 28.4 Å². The molecule has 0 bridgehead atoms. The average Bonchev–Trinajstić information content (AvgIpc) is 3.59. The number of carboxylic acid groups (broad SMARTS) is 1. The van der Waals surface area contributed by atoms with E-state index in [2.05, 4.69) is 45.4 Å². The maximum absolute atomic E-state index is 15.1. The van der Waals surface area contributed by atoms with Crippen LogP contribution < -0.4 is 20.6 Å². The molecule has 4 unspecified atom stereocenters. The van der Waals surface area contributed by atoms with Crippen LogP contribution in [0.25, 0.3) is 0 Å². The van der Waals surface area contributed by atoms with Gasteiger partial charge in [0.05, 0.1) is 12.7 Å². The number of esters is 1. The number of amides is 1. The Kier molecular flexibility index (Phi) is 15.0. The Labute approximate surface area is 316 Å². The molecule has 0 aliphatic carbocycles. The number of aromatic nitrogens is 2. The van der Waals surface area contributed by atoms with Gasteiger partial charge in [-0.2, -0.15) is 4.98 Å². The monoisotopic (exact) mass is 784 g/mol. The van der Waals surface area contributed by atoms with Crippen LogP contribution in [-0.4, -0.2) is 69.8 Å². The zero-order chi connectivity index (χ0) is 40.0. The van der Waals surface area contributed by atoms with Crippen molar-refractivity contribution in [3.05, 3.63) is 126 Å². The number of hydrogen-bond acceptors (Lipinski definition) is 12. The summed E-state index contributed by atoms with van der Waals surface area (Å²) in [7, 11) is -2.03. The average molecular weight is 785 g/mol. The van der Waals surface area contributed by atoms with Crippen LogP contribution in [0.2, 0.25) is 0 Å². The summed E-state index contributed by atoms with van der Waals surface area (Å²) in [6.07, 6.45) is 0.228. The highest BCUT2D eigenvalue weighted by Gasteiger charge is 2.52. The van der Waals surface area contributed by atoms with Crippen molar-refractivity contribution in [2.24, 2.45) is 0 Å². The molecule has 18 heteroatoms. The summed E-state index contributed by atoms with van der Waals surface area (Å²) in [4.78, 5) is 50.7. The quantitative estimate of drug-likeness (QED) is 0.0657. The van der Waals surface area contributed by atoms with Crippen LogP contribution in [0.1, 0.15) is 38.5 Å². The lowest BCUT2D eigenvalue weighted by molar-refractivity contribution is -0.147. The number of hydrogen-bond donors (Lipinski definition) is 3. The van der Waals surface area contributed by atoms with Gasteiger partial charge in [-0.25, -0.2) is 28.3 Å². The van der Waals surface area contributed by atoms with Crippen LogP contribution >= 0.6 is 8.53 Å². The minimum atomic E-state index is -3.46. The lowest BCUT2D eigenvalue weighted by atomic mass is 10.0. The minimum Gasteiger partial charge on any atom is -0.458 e. The molecule has 1 aromatic heterocycles. The maximum Gasteiger partial charge on any atom is 0.506 e. The molecule has 3 aromatic rings. The molecule has 0 spiro atoms. The van der Waals surface area contributed by atoms with Gasteiger partial charge in [0, 0.05) is 19.0 Å². The van der Waals surface area contributed by atoms with Crippen molar-refractivity contribution in [1.29, 1.82) is 0 Å². The molecule has 15 nitrogen and oxygen atoms in total. The fraction of sp³-hybridized carbons (Fsp3) is 0.324. The number of alkyl halides is 2. The zero-order valence-corrected chi connectivity index (χ0v) is 30.7. The van der Waals surface area contributed by atoms with Gasteiger partial charge >= 0.3 is 32.4 Å². The molecule has 5 rings (SSSR count). The SMILES string of the molecule is C=C/C=C\C(=C)COC(=O)O.CC1(C)CC(NP(OCC2CC(F)(F)C(n3ccc(NC(=O)OCc4ccccc4)nc3=O)O2)Oc2c#cccc2)C(=O)O1. The molecule has 2 aromatic carbocycles. The number of benzene rings is 1. The first-order valence-electron chi connectivity index (χ1n) is 16.6. The second-order valence-electron chi connectivity index (χ2n) is 12.4. The van der Waals surface area contributed by atoms with Gasteiger partial charge in [-0.05, 0) is 55.3 Å². The summed E-state index contributed by atoms with van der Waals surface area (Å²) < 4.78 is 62.6. The summed E-state index contributed by atoms with van der Waals surface area (Å²) in [6, 6.07) is 19.8. The second-order valence-corrected chi connectivity index (χ2v) is 13.7. The van der Waals surface area contributed by atoms with Crippen molar-refractivity contribution in [1.82, 2.24) is 14.6 Å². The predicted molar refractivity (Wildman–Crippen MR) is 194 cm³/mol. The van der Waals surface area contributed by atoms with Crippen molar-refractivity contribution in [3.8, 4) is 5.75 Å². The van der Waals surface area contributed by atoms with Gasteiger partial charge in [-0.3, -0.25) is 14.7 Å². The molecular weight excluding hydrogens is 745 g/mol. The van der Waals surface area contributed by atoms with Gasteiger partial charge in [-0.15, -0.1) is 0 Å². The Morgan fingerprint density at radius 3 is 2.55 bits per heavy atom. The molecule has 2 aliphatic heterocycles. The summed E-state index contributed by atoms with van der Waals surface area (Å²) in [5.41, 5.74) is -0.419. The molecule has 3 N–H and O–H groups in total. The van der Waals surface area contributed by atoms with E-state index >= 15 is 8.78 Å². The van der Waals surface area contributed by atoms with Gasteiger partial charge in [0.2, 0.25) is 6.23 Å². The maximum atomic E-state index is 15.1. The third-order valence-corrected chi connectivity index (χ3v) is 8.63. The number of anilines is 1. The van der Waals surface area contributed by atoms with Crippen molar-refractivity contribution in [2.45, 2.75) is 63.2 Å². The Balaban J connectivity index is 0.000000533. The Bertz CT molecular complexity index is 1880. The number of carbonyl (C=O) groups excluding carboxylic acids is 2. The third-order valence-electron chi connectivity index (χ3n) is 7.36. The number of carbonyl (C=O) groups is 3. The summed E-state index contributed by atoms with van der Waals surface area (Å²) in [6.45, 7) is 10.2. The number of nitrogens with zero attached hydrogens (tertiary/aromatic N) is 2. The molecule has 4 atom stereocenters. The Morgan fingerprint density at radius 1 is 1.15 bits per heavy atom. The second kappa shape index (κ2) is 19.6. The van der Waals surface area contributed by atoms with Gasteiger partial charge in [0.25, 0.3) is 5.92 Å². The Morgan fingerprint density at radius 2 is 1.91 bits per heavy atom. The topological polar surface area (TPSA) is 186 Å². The highest BCUT2D eigenvalue weighted by Crippen LogP contribution is 2.44. The van der Waals surface area contributed by atoms with Crippen LogP contribution in [0.4, 0.5) is 24.2 Å². The molecule has 1 amide bonds. The van der Waals surface area contributed by atoms with E-state index in [9.17, 15) is 19.2 Å². The lowest BCUT2D eigenvalue weighted by Gasteiger charge is -2.22. The molecule has 2 aliphatic rings. The first-order chi connectivity index (χ1) is 26.1. The van der Waals surface area contributed by atoms with Crippen molar-refractivity contribution >= 4 is 32.6 Å². The first kappa shape index (κ1) is 42.1. The number of halogens is 2. The zero-order valence-electron chi connectivity index (χ0n) is 29.8. The van der Waals surface area contributed by atoms with Gasteiger partial charge in [-0.1, -0.05) is 67.8 Å². The van der Waals surface area contributed by atoms with E-state index in [-0.39, 0.29) is 31.4 Å². The number of rotatable bonds is 15. The highest BCUT2D eigenvalue weighted by molar-refractivity contribution is 7.45. The predicted octanol–water partition coefficient (Wildman–Crippen LogP) is 6.50. The van der Waals surface area contributed by atoms with Gasteiger partial charge in [0.1, 0.15) is 30.7 Å². The molecular formula is C37H39F2N4O11P. The summed E-state index contributed by atoms with van der Waals surface area (Å²) in [5, 5.41) is 13.3.